The largest absolute Gasteiger partial charge is 0.300 e. The van der Waals surface area contributed by atoms with Gasteiger partial charge in [-0.15, -0.1) is 0 Å². The molecule has 0 amide bonds. The fraction of sp³-hybridized carbons (Fsp3) is 0.571. The lowest BCUT2D eigenvalue weighted by Gasteiger charge is -2.37. The first kappa shape index (κ1) is 9.41. The molecule has 2 fully saturated rings. The molecule has 2 aliphatic heterocycles. The van der Waals surface area contributed by atoms with Crippen LogP contribution >= 0.6 is 0 Å². The van der Waals surface area contributed by atoms with Gasteiger partial charge in [-0.3, -0.25) is 4.90 Å². The molecule has 1 nitrogen and oxygen atoms in total. The van der Waals surface area contributed by atoms with Crippen LogP contribution in [0.25, 0.3) is 0 Å². The summed E-state index contributed by atoms with van der Waals surface area (Å²) in [6, 6.07) is 12.8. The highest BCUT2D eigenvalue weighted by Crippen LogP contribution is 2.42. The molecule has 3 atom stereocenters. The Morgan fingerprint density at radius 1 is 1.00 bits per heavy atom. The van der Waals surface area contributed by atoms with Gasteiger partial charge in [0, 0.05) is 12.1 Å². The molecule has 0 aromatic heterocycles. The monoisotopic (exact) mass is 201 g/mol. The van der Waals surface area contributed by atoms with E-state index >= 15 is 0 Å². The maximum absolute atomic E-state index is 2.63. The maximum atomic E-state index is 2.63. The molecule has 1 aromatic carbocycles. The van der Waals surface area contributed by atoms with Crippen molar-refractivity contribution in [3.8, 4) is 0 Å². The molecule has 0 spiro atoms. The van der Waals surface area contributed by atoms with Crippen molar-refractivity contribution >= 4 is 0 Å². The number of piperidine rings is 1. The van der Waals surface area contributed by atoms with Crippen molar-refractivity contribution in [1.29, 1.82) is 0 Å². The number of likely N-dealkylation sites (N-methyl/N-ethyl adjacent to an activating group) is 1. The number of benzene rings is 1. The molecule has 15 heavy (non-hydrogen) atoms. The fourth-order valence-corrected chi connectivity index (χ4v) is 3.53. The zero-order chi connectivity index (χ0) is 10.3. The third kappa shape index (κ3) is 1.50. The van der Waals surface area contributed by atoms with Crippen LogP contribution in [0, 0.1) is 0 Å². The Balaban J connectivity index is 1.88. The number of hydrogen-bond acceptors (Lipinski definition) is 1. The molecule has 80 valence electrons. The number of fused-ring (bicyclic) bond motifs is 2. The maximum Gasteiger partial charge on any atom is 0.0164 e. The zero-order valence-electron chi connectivity index (χ0n) is 9.39. The Morgan fingerprint density at radius 3 is 2.53 bits per heavy atom. The lowest BCUT2D eigenvalue weighted by molar-refractivity contribution is 0.156. The average molecular weight is 201 g/mol. The summed E-state index contributed by atoms with van der Waals surface area (Å²) in [5.41, 5.74) is 1.55. The lowest BCUT2D eigenvalue weighted by atomic mass is 9.85. The highest BCUT2D eigenvalue weighted by atomic mass is 15.2. The van der Waals surface area contributed by atoms with E-state index in [1.165, 1.54) is 25.7 Å². The molecule has 1 heteroatoms. The van der Waals surface area contributed by atoms with Crippen molar-refractivity contribution < 1.29 is 0 Å². The van der Waals surface area contributed by atoms with Crippen molar-refractivity contribution in [2.45, 2.75) is 43.7 Å². The van der Waals surface area contributed by atoms with Gasteiger partial charge < -0.3 is 0 Å². The molecule has 2 heterocycles. The topological polar surface area (TPSA) is 3.24 Å². The second-order valence-corrected chi connectivity index (χ2v) is 5.06. The van der Waals surface area contributed by atoms with Gasteiger partial charge in [0.25, 0.3) is 0 Å². The molecule has 0 radical (unpaired) electrons. The van der Waals surface area contributed by atoms with Gasteiger partial charge in [0.05, 0.1) is 0 Å². The normalized spacial score (nSPS) is 35.7. The summed E-state index contributed by atoms with van der Waals surface area (Å²) in [6.45, 7) is 0. The van der Waals surface area contributed by atoms with Crippen LogP contribution in [0.3, 0.4) is 0 Å². The lowest BCUT2D eigenvalue weighted by Crippen LogP contribution is -2.40. The predicted molar refractivity (Wildman–Crippen MR) is 63.0 cm³/mol. The van der Waals surface area contributed by atoms with Crippen molar-refractivity contribution in [2.75, 3.05) is 7.05 Å². The SMILES string of the molecule is CN1[C@@H]2CCC(c3ccccc3)[C@H]1CC2. The van der Waals surface area contributed by atoms with E-state index in [0.29, 0.717) is 0 Å². The second kappa shape index (κ2) is 3.64. The van der Waals surface area contributed by atoms with Gasteiger partial charge in [0.2, 0.25) is 0 Å². The summed E-state index contributed by atoms with van der Waals surface area (Å²) >= 11 is 0. The van der Waals surface area contributed by atoms with E-state index in [1.807, 2.05) is 0 Å². The molecule has 2 aliphatic rings. The molecule has 1 aromatic rings. The molecule has 2 saturated heterocycles. The molecule has 1 unspecified atom stereocenters. The predicted octanol–water partition coefficient (Wildman–Crippen LogP) is 3.03. The van der Waals surface area contributed by atoms with Gasteiger partial charge in [0.1, 0.15) is 0 Å². The van der Waals surface area contributed by atoms with E-state index in [9.17, 15) is 0 Å². The number of nitrogens with zero attached hydrogens (tertiary/aromatic N) is 1. The van der Waals surface area contributed by atoms with Crippen LogP contribution in [0.15, 0.2) is 30.3 Å². The molecule has 2 bridgehead atoms. The molecule has 0 saturated carbocycles. The smallest absolute Gasteiger partial charge is 0.0164 e. The standard InChI is InChI=1S/C14H19N/c1-15-12-7-9-13(14(15)10-8-12)11-5-3-2-4-6-11/h2-6,12-14H,7-10H2,1H3/t12-,13?,14-/m1/s1. The minimum absolute atomic E-state index is 0.787. The van der Waals surface area contributed by atoms with E-state index in [0.717, 1.165) is 18.0 Å². The van der Waals surface area contributed by atoms with Crippen molar-refractivity contribution in [2.24, 2.45) is 0 Å². The van der Waals surface area contributed by atoms with Crippen molar-refractivity contribution in [1.82, 2.24) is 4.90 Å². The highest BCUT2D eigenvalue weighted by molar-refractivity contribution is 5.23. The summed E-state index contributed by atoms with van der Waals surface area (Å²) in [6.07, 6.45) is 5.61. The van der Waals surface area contributed by atoms with Crippen LogP contribution in [0.1, 0.15) is 37.2 Å². The molecule has 0 aliphatic carbocycles. The summed E-state index contributed by atoms with van der Waals surface area (Å²) in [7, 11) is 2.32. The van der Waals surface area contributed by atoms with Crippen LogP contribution in [0.4, 0.5) is 0 Å². The van der Waals surface area contributed by atoms with E-state index in [-0.39, 0.29) is 0 Å². The minimum atomic E-state index is 0.787. The summed E-state index contributed by atoms with van der Waals surface area (Å²) in [5.74, 6) is 0.787. The Hall–Kier alpha value is -0.820. The third-order valence-electron chi connectivity index (χ3n) is 4.40. The summed E-state index contributed by atoms with van der Waals surface area (Å²) in [5, 5.41) is 0. The van der Waals surface area contributed by atoms with Gasteiger partial charge in [0.15, 0.2) is 0 Å². The number of hydrogen-bond donors (Lipinski definition) is 0. The van der Waals surface area contributed by atoms with Crippen LogP contribution in [-0.4, -0.2) is 24.0 Å². The Morgan fingerprint density at radius 2 is 1.73 bits per heavy atom. The molecular formula is C14H19N. The van der Waals surface area contributed by atoms with Gasteiger partial charge >= 0.3 is 0 Å². The van der Waals surface area contributed by atoms with Gasteiger partial charge in [-0.2, -0.15) is 0 Å². The molecule has 0 N–H and O–H groups in total. The zero-order valence-corrected chi connectivity index (χ0v) is 9.39. The summed E-state index contributed by atoms with van der Waals surface area (Å²) in [4.78, 5) is 2.63. The second-order valence-electron chi connectivity index (χ2n) is 5.06. The minimum Gasteiger partial charge on any atom is -0.300 e. The third-order valence-corrected chi connectivity index (χ3v) is 4.40. The average Bonchev–Trinajstić information content (AvgIpc) is 2.54. The van der Waals surface area contributed by atoms with Gasteiger partial charge in [-0.25, -0.2) is 0 Å². The van der Waals surface area contributed by atoms with E-state index in [2.05, 4.69) is 42.3 Å². The first-order valence-corrected chi connectivity index (χ1v) is 6.13. The van der Waals surface area contributed by atoms with Crippen LogP contribution < -0.4 is 0 Å². The quantitative estimate of drug-likeness (QED) is 0.675. The van der Waals surface area contributed by atoms with Crippen LogP contribution in [0.2, 0.25) is 0 Å². The van der Waals surface area contributed by atoms with E-state index in [4.69, 9.17) is 0 Å². The van der Waals surface area contributed by atoms with Crippen LogP contribution in [0.5, 0.6) is 0 Å². The Bertz CT molecular complexity index is 332. The number of rotatable bonds is 1. The van der Waals surface area contributed by atoms with Gasteiger partial charge in [-0.05, 0) is 44.2 Å². The molecule has 3 rings (SSSR count). The highest BCUT2D eigenvalue weighted by Gasteiger charge is 2.40. The van der Waals surface area contributed by atoms with E-state index in [1.54, 1.807) is 5.56 Å². The molecular weight excluding hydrogens is 182 g/mol. The van der Waals surface area contributed by atoms with Crippen molar-refractivity contribution in [3.05, 3.63) is 35.9 Å². The van der Waals surface area contributed by atoms with Crippen molar-refractivity contribution in [3.63, 3.8) is 0 Å². The van der Waals surface area contributed by atoms with Gasteiger partial charge in [-0.1, -0.05) is 30.3 Å². The van der Waals surface area contributed by atoms with E-state index < -0.39 is 0 Å². The van der Waals surface area contributed by atoms with Crippen LogP contribution in [-0.2, 0) is 0 Å². The first-order chi connectivity index (χ1) is 7.36. The summed E-state index contributed by atoms with van der Waals surface area (Å²) < 4.78 is 0. The fourth-order valence-electron chi connectivity index (χ4n) is 3.53. The Labute approximate surface area is 92.1 Å². The Kier molecular flexibility index (Phi) is 2.28. The first-order valence-electron chi connectivity index (χ1n) is 6.13.